The minimum absolute atomic E-state index is 0.00639. The average Bonchev–Trinajstić information content (AvgIpc) is 2.47. The molecule has 2 rings (SSSR count). The number of fused-ring (bicyclic) bond motifs is 1. The number of aliphatic carboxylic acids is 1. The molecule has 1 saturated heterocycles. The van der Waals surface area contributed by atoms with Gasteiger partial charge in [0.05, 0.1) is 18.1 Å². The molecule has 0 aromatic rings. The number of carboxylic acids is 1. The molecule has 1 fully saturated rings. The van der Waals surface area contributed by atoms with E-state index in [4.69, 9.17) is 10.8 Å². The van der Waals surface area contributed by atoms with E-state index in [0.29, 0.717) is 5.57 Å². The molecule has 0 bridgehead atoms. The van der Waals surface area contributed by atoms with Crippen LogP contribution in [0.15, 0.2) is 11.3 Å². The van der Waals surface area contributed by atoms with Gasteiger partial charge in [-0.2, -0.15) is 0 Å². The van der Waals surface area contributed by atoms with Crippen LogP contribution in [0.4, 0.5) is 0 Å². The summed E-state index contributed by atoms with van der Waals surface area (Å²) in [7, 11) is 0. The van der Waals surface area contributed by atoms with Crippen LogP contribution in [0.3, 0.4) is 0 Å². The molecule has 0 saturated carbocycles. The highest BCUT2D eigenvalue weighted by molar-refractivity contribution is 6.00. The standard InChI is InChI=1S/C11H16N2O4/c1-4-6(3-12)9(11(16)17)13-8(4)7(5(2)14)10(13)15/h4-5,7-8,14H,3,12H2,1-2H3,(H,16,17)/t4-,5+,7+,8+/m0/s1. The third kappa shape index (κ3) is 1.41. The first-order valence-electron chi connectivity index (χ1n) is 5.59. The zero-order valence-corrected chi connectivity index (χ0v) is 9.75. The van der Waals surface area contributed by atoms with Crippen molar-refractivity contribution in [3.8, 4) is 0 Å². The summed E-state index contributed by atoms with van der Waals surface area (Å²) < 4.78 is 0. The predicted molar refractivity (Wildman–Crippen MR) is 58.7 cm³/mol. The van der Waals surface area contributed by atoms with Crippen LogP contribution in [0.25, 0.3) is 0 Å². The second-order valence-electron chi connectivity index (χ2n) is 4.64. The molecule has 0 radical (unpaired) electrons. The van der Waals surface area contributed by atoms with E-state index in [9.17, 15) is 14.7 Å². The summed E-state index contributed by atoms with van der Waals surface area (Å²) in [4.78, 5) is 24.3. The molecule has 2 aliphatic heterocycles. The van der Waals surface area contributed by atoms with Gasteiger partial charge in [0.1, 0.15) is 5.70 Å². The van der Waals surface area contributed by atoms with Crippen LogP contribution in [0.5, 0.6) is 0 Å². The van der Waals surface area contributed by atoms with E-state index in [0.717, 1.165) is 0 Å². The van der Waals surface area contributed by atoms with Crippen LogP contribution in [0.2, 0.25) is 0 Å². The minimum Gasteiger partial charge on any atom is -0.477 e. The molecule has 94 valence electrons. The van der Waals surface area contributed by atoms with E-state index < -0.39 is 18.0 Å². The topological polar surface area (TPSA) is 104 Å². The number of hydrogen-bond acceptors (Lipinski definition) is 4. The summed E-state index contributed by atoms with van der Waals surface area (Å²) in [6.45, 7) is 3.51. The fourth-order valence-corrected chi connectivity index (χ4v) is 2.92. The van der Waals surface area contributed by atoms with Crippen molar-refractivity contribution in [2.45, 2.75) is 26.0 Å². The number of carbonyl (C=O) groups is 2. The molecule has 0 aliphatic carbocycles. The Hall–Kier alpha value is -1.40. The van der Waals surface area contributed by atoms with Crippen LogP contribution in [-0.4, -0.2) is 45.7 Å². The molecule has 2 aliphatic rings. The number of nitrogens with two attached hydrogens (primary N) is 1. The van der Waals surface area contributed by atoms with Gasteiger partial charge < -0.3 is 20.8 Å². The number of aliphatic hydroxyl groups is 1. The molecular formula is C11H16N2O4. The van der Waals surface area contributed by atoms with Gasteiger partial charge in [-0.3, -0.25) is 4.79 Å². The molecular weight excluding hydrogens is 224 g/mol. The Labute approximate surface area is 98.7 Å². The lowest BCUT2D eigenvalue weighted by atomic mass is 9.78. The van der Waals surface area contributed by atoms with E-state index in [2.05, 4.69) is 0 Å². The van der Waals surface area contributed by atoms with Gasteiger partial charge in [-0.05, 0) is 12.5 Å². The quantitative estimate of drug-likeness (QED) is 0.557. The van der Waals surface area contributed by atoms with Gasteiger partial charge in [-0.1, -0.05) is 6.92 Å². The SMILES string of the molecule is C[C@@H](O)[C@H]1C(=O)N2C(C(=O)O)=C(CN)[C@H](C)[C@H]12. The van der Waals surface area contributed by atoms with Crippen molar-refractivity contribution in [1.82, 2.24) is 4.90 Å². The molecule has 0 aromatic heterocycles. The summed E-state index contributed by atoms with van der Waals surface area (Å²) in [5, 5.41) is 18.7. The zero-order valence-electron chi connectivity index (χ0n) is 9.75. The Morgan fingerprint density at radius 1 is 1.59 bits per heavy atom. The molecule has 0 unspecified atom stereocenters. The Balaban J connectivity index is 2.39. The summed E-state index contributed by atoms with van der Waals surface area (Å²) in [6.07, 6.45) is -0.765. The highest BCUT2D eigenvalue weighted by Gasteiger charge is 2.59. The summed E-state index contributed by atoms with van der Waals surface area (Å²) in [6, 6.07) is -0.257. The van der Waals surface area contributed by atoms with Crippen LogP contribution in [-0.2, 0) is 9.59 Å². The highest BCUT2D eigenvalue weighted by Crippen LogP contribution is 2.46. The zero-order chi connectivity index (χ0) is 12.9. The number of nitrogens with zero attached hydrogens (tertiary/aromatic N) is 1. The molecule has 1 amide bonds. The molecule has 0 aromatic carbocycles. The number of β-lactam (4-membered cyclic amide) rings is 1. The average molecular weight is 240 g/mol. The van der Waals surface area contributed by atoms with Crippen LogP contribution in [0.1, 0.15) is 13.8 Å². The van der Waals surface area contributed by atoms with Gasteiger partial charge in [0.15, 0.2) is 0 Å². The van der Waals surface area contributed by atoms with Crippen molar-refractivity contribution >= 4 is 11.9 Å². The first kappa shape index (κ1) is 12.1. The molecule has 4 atom stereocenters. The maximum atomic E-state index is 11.8. The number of hydrogen-bond donors (Lipinski definition) is 3. The fourth-order valence-electron chi connectivity index (χ4n) is 2.92. The van der Waals surface area contributed by atoms with E-state index in [1.807, 2.05) is 6.92 Å². The largest absolute Gasteiger partial charge is 0.477 e. The molecule has 0 spiro atoms. The summed E-state index contributed by atoms with van der Waals surface area (Å²) in [5.74, 6) is -2.07. The van der Waals surface area contributed by atoms with Gasteiger partial charge in [0.25, 0.3) is 0 Å². The van der Waals surface area contributed by atoms with Crippen molar-refractivity contribution in [2.24, 2.45) is 17.6 Å². The molecule has 6 nitrogen and oxygen atoms in total. The number of aliphatic hydroxyl groups excluding tert-OH is 1. The van der Waals surface area contributed by atoms with E-state index in [1.54, 1.807) is 6.92 Å². The Morgan fingerprint density at radius 3 is 2.59 bits per heavy atom. The molecule has 17 heavy (non-hydrogen) atoms. The molecule has 4 N–H and O–H groups in total. The minimum atomic E-state index is -1.13. The van der Waals surface area contributed by atoms with E-state index >= 15 is 0 Å². The van der Waals surface area contributed by atoms with Gasteiger partial charge in [0, 0.05) is 12.5 Å². The van der Waals surface area contributed by atoms with Crippen molar-refractivity contribution in [3.05, 3.63) is 11.3 Å². The number of carboxylic acid groups (broad SMARTS) is 1. The van der Waals surface area contributed by atoms with Crippen molar-refractivity contribution in [2.75, 3.05) is 6.54 Å². The van der Waals surface area contributed by atoms with Gasteiger partial charge in [-0.25, -0.2) is 4.79 Å². The summed E-state index contributed by atoms with van der Waals surface area (Å²) in [5.41, 5.74) is 6.14. The Morgan fingerprint density at radius 2 is 2.18 bits per heavy atom. The lowest BCUT2D eigenvalue weighted by molar-refractivity contribution is -0.163. The Bertz CT molecular complexity index is 416. The highest BCUT2D eigenvalue weighted by atomic mass is 16.4. The first-order valence-corrected chi connectivity index (χ1v) is 5.59. The maximum absolute atomic E-state index is 11.8. The molecule has 2 heterocycles. The smallest absolute Gasteiger partial charge is 0.352 e. The van der Waals surface area contributed by atoms with Crippen LogP contribution < -0.4 is 5.73 Å². The third-order valence-corrected chi connectivity index (χ3v) is 3.74. The monoisotopic (exact) mass is 240 g/mol. The second-order valence-corrected chi connectivity index (χ2v) is 4.64. The van der Waals surface area contributed by atoms with Gasteiger partial charge in [0.2, 0.25) is 5.91 Å². The van der Waals surface area contributed by atoms with E-state index in [1.165, 1.54) is 4.90 Å². The number of amides is 1. The van der Waals surface area contributed by atoms with E-state index in [-0.39, 0.29) is 30.1 Å². The van der Waals surface area contributed by atoms with Crippen LogP contribution >= 0.6 is 0 Å². The van der Waals surface area contributed by atoms with Gasteiger partial charge >= 0.3 is 5.97 Å². The maximum Gasteiger partial charge on any atom is 0.352 e. The summed E-state index contributed by atoms with van der Waals surface area (Å²) >= 11 is 0. The normalized spacial score (nSPS) is 33.5. The lowest BCUT2D eigenvalue weighted by Crippen LogP contribution is -2.63. The number of carbonyl (C=O) groups excluding carboxylic acids is 1. The lowest BCUT2D eigenvalue weighted by Gasteiger charge is -2.46. The molecule has 6 heteroatoms. The number of rotatable bonds is 3. The second kappa shape index (κ2) is 3.82. The van der Waals surface area contributed by atoms with Crippen molar-refractivity contribution in [3.63, 3.8) is 0 Å². The van der Waals surface area contributed by atoms with Crippen LogP contribution in [0, 0.1) is 11.8 Å². The Kier molecular flexibility index (Phi) is 2.71. The predicted octanol–water partition coefficient (Wildman–Crippen LogP) is -0.859. The first-order chi connectivity index (χ1) is 7.91. The fraction of sp³-hybridized carbons (Fsp3) is 0.636. The third-order valence-electron chi connectivity index (χ3n) is 3.74. The van der Waals surface area contributed by atoms with Crippen molar-refractivity contribution in [1.29, 1.82) is 0 Å². The van der Waals surface area contributed by atoms with Crippen molar-refractivity contribution < 1.29 is 19.8 Å². The van der Waals surface area contributed by atoms with Gasteiger partial charge in [-0.15, -0.1) is 0 Å².